The van der Waals surface area contributed by atoms with Crippen LogP contribution < -0.4 is 0 Å². The molecule has 1 aliphatic heterocycles. The summed E-state index contributed by atoms with van der Waals surface area (Å²) in [6, 6.07) is 4.06. The maximum atomic E-state index is 9.95. The molecule has 1 aromatic carbocycles. The second-order valence-electron chi connectivity index (χ2n) is 6.86. The molecule has 0 radical (unpaired) electrons. The van der Waals surface area contributed by atoms with E-state index in [1.54, 1.807) is 0 Å². The van der Waals surface area contributed by atoms with Crippen molar-refractivity contribution in [2.45, 2.75) is 39.7 Å². The molecule has 2 N–H and O–H groups in total. The second-order valence-corrected chi connectivity index (χ2v) is 6.86. The Kier molecular flexibility index (Phi) is 3.58. The van der Waals surface area contributed by atoms with Crippen molar-refractivity contribution in [3.8, 4) is 5.75 Å². The van der Waals surface area contributed by atoms with Crippen molar-refractivity contribution < 1.29 is 14.9 Å². The number of hydrogen-bond acceptors (Lipinski definition) is 3. The number of ether oxygens (including phenoxy) is 1. The van der Waals surface area contributed by atoms with Gasteiger partial charge in [0.05, 0.1) is 19.3 Å². The van der Waals surface area contributed by atoms with E-state index in [4.69, 9.17) is 4.74 Å². The van der Waals surface area contributed by atoms with Gasteiger partial charge in [0.2, 0.25) is 0 Å². The van der Waals surface area contributed by atoms with Crippen LogP contribution in [0, 0.1) is 25.2 Å². The summed E-state index contributed by atoms with van der Waals surface area (Å²) in [5.41, 5.74) is 4.18. The van der Waals surface area contributed by atoms with Gasteiger partial charge in [-0.25, -0.2) is 0 Å². The summed E-state index contributed by atoms with van der Waals surface area (Å²) >= 11 is 0. The molecule has 0 spiro atoms. The standard InChI is InChI=1S/C18H24O3/c1-11-4-5-18(9-19)8-15(11)17(21-10-18)14-6-12(2)16(20)13(3)7-14/h4,6-7,15,17,19-20H,5,8-10H2,1-3H3/t15-,17+,18-/m1/s1. The third-order valence-electron chi connectivity index (χ3n) is 5.21. The fourth-order valence-corrected chi connectivity index (χ4v) is 3.74. The molecule has 2 aliphatic rings. The third-order valence-corrected chi connectivity index (χ3v) is 5.21. The van der Waals surface area contributed by atoms with Gasteiger partial charge >= 0.3 is 0 Å². The number of benzene rings is 1. The minimum atomic E-state index is -0.0956. The molecule has 3 rings (SSSR count). The Morgan fingerprint density at radius 2 is 1.90 bits per heavy atom. The van der Waals surface area contributed by atoms with Crippen LogP contribution in [0.25, 0.3) is 0 Å². The monoisotopic (exact) mass is 288 g/mol. The molecule has 0 aromatic heterocycles. The van der Waals surface area contributed by atoms with Crippen LogP contribution in [0.15, 0.2) is 23.8 Å². The van der Waals surface area contributed by atoms with Gasteiger partial charge < -0.3 is 14.9 Å². The molecule has 0 unspecified atom stereocenters. The lowest BCUT2D eigenvalue weighted by Gasteiger charge is -2.47. The number of phenols is 1. The molecule has 1 fully saturated rings. The zero-order chi connectivity index (χ0) is 15.2. The van der Waals surface area contributed by atoms with Crippen molar-refractivity contribution in [3.63, 3.8) is 0 Å². The minimum Gasteiger partial charge on any atom is -0.507 e. The molecule has 114 valence electrons. The van der Waals surface area contributed by atoms with E-state index in [1.165, 1.54) is 5.57 Å². The summed E-state index contributed by atoms with van der Waals surface area (Å²) < 4.78 is 6.16. The zero-order valence-corrected chi connectivity index (χ0v) is 13.0. The lowest BCUT2D eigenvalue weighted by Crippen LogP contribution is -2.43. The van der Waals surface area contributed by atoms with Crippen molar-refractivity contribution >= 4 is 0 Å². The number of aliphatic hydroxyl groups is 1. The Bertz CT molecular complexity index is 567. The van der Waals surface area contributed by atoms with Gasteiger partial charge in [0.25, 0.3) is 0 Å². The van der Waals surface area contributed by atoms with Gasteiger partial charge in [-0.1, -0.05) is 11.6 Å². The molecule has 3 nitrogen and oxygen atoms in total. The Hall–Kier alpha value is -1.32. The molecular weight excluding hydrogens is 264 g/mol. The molecule has 0 amide bonds. The first-order chi connectivity index (χ1) is 9.96. The molecule has 2 bridgehead atoms. The van der Waals surface area contributed by atoms with Crippen LogP contribution in [0.2, 0.25) is 0 Å². The Morgan fingerprint density at radius 3 is 2.52 bits per heavy atom. The van der Waals surface area contributed by atoms with E-state index in [9.17, 15) is 10.2 Å². The third kappa shape index (κ3) is 2.39. The lowest BCUT2D eigenvalue weighted by atomic mass is 9.66. The van der Waals surface area contributed by atoms with Gasteiger partial charge in [0.15, 0.2) is 0 Å². The highest BCUT2D eigenvalue weighted by molar-refractivity contribution is 5.43. The molecule has 1 aliphatic carbocycles. The van der Waals surface area contributed by atoms with Crippen molar-refractivity contribution in [1.82, 2.24) is 0 Å². The number of aromatic hydroxyl groups is 1. The number of aryl methyl sites for hydroxylation is 2. The van der Waals surface area contributed by atoms with Gasteiger partial charge in [-0.05, 0) is 62.4 Å². The van der Waals surface area contributed by atoms with Crippen LogP contribution in [0.5, 0.6) is 5.75 Å². The first-order valence-corrected chi connectivity index (χ1v) is 7.65. The number of hydrogen-bond donors (Lipinski definition) is 2. The van der Waals surface area contributed by atoms with Gasteiger partial charge in [0.1, 0.15) is 5.75 Å². The number of allylic oxidation sites excluding steroid dienone is 1. The molecule has 3 atom stereocenters. The highest BCUT2D eigenvalue weighted by Crippen LogP contribution is 2.50. The van der Waals surface area contributed by atoms with Gasteiger partial charge in [-0.2, -0.15) is 0 Å². The van der Waals surface area contributed by atoms with E-state index in [2.05, 4.69) is 13.0 Å². The van der Waals surface area contributed by atoms with Crippen molar-refractivity contribution in [1.29, 1.82) is 0 Å². The summed E-state index contributed by atoms with van der Waals surface area (Å²) in [7, 11) is 0. The van der Waals surface area contributed by atoms with E-state index in [-0.39, 0.29) is 18.1 Å². The van der Waals surface area contributed by atoms with Crippen molar-refractivity contribution in [3.05, 3.63) is 40.5 Å². The first kappa shape index (κ1) is 14.6. The average molecular weight is 288 g/mol. The molecular formula is C18H24O3. The van der Waals surface area contributed by atoms with E-state index < -0.39 is 0 Å². The summed E-state index contributed by atoms with van der Waals surface area (Å²) in [6.45, 7) is 6.81. The van der Waals surface area contributed by atoms with Gasteiger partial charge in [-0.15, -0.1) is 0 Å². The molecule has 0 saturated carbocycles. The van der Waals surface area contributed by atoms with E-state index >= 15 is 0 Å². The Balaban J connectivity index is 1.97. The topological polar surface area (TPSA) is 49.7 Å². The van der Waals surface area contributed by atoms with Gasteiger partial charge in [-0.3, -0.25) is 0 Å². The van der Waals surface area contributed by atoms with Crippen molar-refractivity contribution in [2.24, 2.45) is 11.3 Å². The average Bonchev–Trinajstić information content (AvgIpc) is 2.49. The van der Waals surface area contributed by atoms with Crippen molar-refractivity contribution in [2.75, 3.05) is 13.2 Å². The minimum absolute atomic E-state index is 0.0271. The molecule has 1 saturated heterocycles. The van der Waals surface area contributed by atoms with Crippen LogP contribution in [-0.4, -0.2) is 23.4 Å². The first-order valence-electron chi connectivity index (χ1n) is 7.65. The summed E-state index contributed by atoms with van der Waals surface area (Å²) in [4.78, 5) is 0. The molecule has 1 heterocycles. The number of rotatable bonds is 2. The molecule has 1 aromatic rings. The highest BCUT2D eigenvalue weighted by atomic mass is 16.5. The Morgan fingerprint density at radius 1 is 1.24 bits per heavy atom. The quantitative estimate of drug-likeness (QED) is 0.820. The predicted molar refractivity (Wildman–Crippen MR) is 82.3 cm³/mol. The summed E-state index contributed by atoms with van der Waals surface area (Å²) in [6.07, 6.45) is 4.18. The van der Waals surface area contributed by atoms with E-state index in [1.807, 2.05) is 26.0 Å². The second kappa shape index (κ2) is 5.15. The number of fused-ring (bicyclic) bond motifs is 2. The predicted octanol–water partition coefficient (Wildman–Crippen LogP) is 3.42. The normalized spacial score (nSPS) is 31.9. The summed E-state index contributed by atoms with van der Waals surface area (Å²) in [5.74, 6) is 0.693. The maximum Gasteiger partial charge on any atom is 0.121 e. The molecule has 21 heavy (non-hydrogen) atoms. The van der Waals surface area contributed by atoms with E-state index in [0.717, 1.165) is 29.5 Å². The fraction of sp³-hybridized carbons (Fsp3) is 0.556. The van der Waals surface area contributed by atoms with Crippen LogP contribution in [0.3, 0.4) is 0 Å². The van der Waals surface area contributed by atoms with Crippen LogP contribution in [-0.2, 0) is 4.74 Å². The number of phenolic OH excluding ortho intramolecular Hbond substituents is 1. The zero-order valence-electron chi connectivity index (χ0n) is 13.0. The highest BCUT2D eigenvalue weighted by Gasteiger charge is 2.44. The van der Waals surface area contributed by atoms with Gasteiger partial charge in [0, 0.05) is 11.3 Å². The smallest absolute Gasteiger partial charge is 0.121 e. The number of aliphatic hydroxyl groups excluding tert-OH is 1. The van der Waals surface area contributed by atoms with E-state index in [0.29, 0.717) is 18.3 Å². The SMILES string of the molecule is CC1=CC[C@@]2(CO)CO[C@@H](c3cc(C)c(O)c(C)c3)[C@@H]1C2. The van der Waals surface area contributed by atoms with Crippen LogP contribution in [0.1, 0.15) is 42.6 Å². The fourth-order valence-electron chi connectivity index (χ4n) is 3.74. The maximum absolute atomic E-state index is 9.95. The lowest BCUT2D eigenvalue weighted by molar-refractivity contribution is -0.113. The summed E-state index contributed by atoms with van der Waals surface area (Å²) in [5, 5.41) is 19.7. The largest absolute Gasteiger partial charge is 0.507 e. The molecule has 3 heteroatoms. The van der Waals surface area contributed by atoms with Crippen LogP contribution in [0.4, 0.5) is 0 Å². The van der Waals surface area contributed by atoms with Crippen LogP contribution >= 0.6 is 0 Å². The Labute approximate surface area is 126 Å².